The minimum atomic E-state index is -4.48. The zero-order valence-electron chi connectivity index (χ0n) is 15.2. The highest BCUT2D eigenvalue weighted by molar-refractivity contribution is 5.37. The number of aromatic nitrogens is 6. The van der Waals surface area contributed by atoms with Crippen molar-refractivity contribution in [3.8, 4) is 0 Å². The molecule has 0 saturated carbocycles. The Labute approximate surface area is 158 Å². The molecule has 11 heteroatoms. The average Bonchev–Trinajstić information content (AvgIpc) is 3.05. The lowest BCUT2D eigenvalue weighted by Gasteiger charge is -2.32. The molecular weight excluding hydrogens is 373 g/mol. The van der Waals surface area contributed by atoms with Crippen LogP contribution < -0.4 is 5.32 Å². The van der Waals surface area contributed by atoms with Crippen LogP contribution in [0.4, 0.5) is 19.0 Å². The van der Waals surface area contributed by atoms with Crippen LogP contribution in [0.15, 0.2) is 24.5 Å². The van der Waals surface area contributed by atoms with Crippen LogP contribution in [0.3, 0.4) is 0 Å². The molecule has 1 aliphatic heterocycles. The Morgan fingerprint density at radius 1 is 1.14 bits per heavy atom. The molecule has 1 saturated heterocycles. The van der Waals surface area contributed by atoms with Gasteiger partial charge in [-0.2, -0.15) is 22.8 Å². The lowest BCUT2D eigenvalue weighted by molar-refractivity contribution is -0.141. The summed E-state index contributed by atoms with van der Waals surface area (Å²) >= 11 is 0. The first kappa shape index (κ1) is 18.5. The van der Waals surface area contributed by atoms with E-state index in [2.05, 4.69) is 35.5 Å². The molecule has 28 heavy (non-hydrogen) atoms. The van der Waals surface area contributed by atoms with Gasteiger partial charge in [0.25, 0.3) is 0 Å². The van der Waals surface area contributed by atoms with Crippen molar-refractivity contribution in [3.05, 3.63) is 41.7 Å². The molecule has 0 atom stereocenters. The molecule has 0 aromatic carbocycles. The third-order valence-electron chi connectivity index (χ3n) is 4.72. The number of nitrogens with zero attached hydrogens (tertiary/aromatic N) is 7. The fraction of sp³-hybridized carbons (Fsp3) is 0.471. The fourth-order valence-electron chi connectivity index (χ4n) is 3.26. The van der Waals surface area contributed by atoms with Gasteiger partial charge in [-0.25, -0.2) is 9.97 Å². The Kier molecular flexibility index (Phi) is 4.84. The quantitative estimate of drug-likeness (QED) is 0.729. The number of halogens is 3. The number of rotatable bonds is 4. The van der Waals surface area contributed by atoms with Crippen LogP contribution in [0.25, 0.3) is 5.65 Å². The normalized spacial score (nSPS) is 16.6. The minimum absolute atomic E-state index is 0.0581. The van der Waals surface area contributed by atoms with Crippen LogP contribution in [0.5, 0.6) is 0 Å². The number of hydrogen-bond donors (Lipinski definition) is 1. The molecule has 0 radical (unpaired) electrons. The van der Waals surface area contributed by atoms with Crippen LogP contribution in [-0.4, -0.2) is 53.8 Å². The Balaban J connectivity index is 1.35. The average molecular weight is 392 g/mol. The number of aryl methyl sites for hydroxylation is 1. The summed E-state index contributed by atoms with van der Waals surface area (Å²) in [5, 5.41) is 15.9. The van der Waals surface area contributed by atoms with E-state index in [0.29, 0.717) is 12.2 Å². The number of anilines is 1. The van der Waals surface area contributed by atoms with E-state index in [-0.39, 0.29) is 11.9 Å². The number of hydrogen-bond acceptors (Lipinski definition) is 7. The van der Waals surface area contributed by atoms with Crippen LogP contribution in [0, 0.1) is 6.92 Å². The zero-order chi connectivity index (χ0) is 19.7. The van der Waals surface area contributed by atoms with Gasteiger partial charge in [-0.05, 0) is 31.9 Å². The number of likely N-dealkylation sites (tertiary alicyclic amines) is 1. The standard InChI is InChI=1S/C17H19F3N8/c1-11-2-3-15-24-25-16(28(15)26-11)9-27-6-4-12(5-7-27)23-14-8-13(17(18,19)20)21-10-22-14/h2-3,8,10,12H,4-7,9H2,1H3,(H,21,22,23). The number of nitrogens with one attached hydrogen (secondary N) is 1. The molecule has 3 aromatic heterocycles. The second kappa shape index (κ2) is 7.30. The monoisotopic (exact) mass is 392 g/mol. The maximum absolute atomic E-state index is 12.8. The molecule has 0 unspecified atom stereocenters. The molecule has 0 aliphatic carbocycles. The number of fused-ring (bicyclic) bond motifs is 1. The Bertz CT molecular complexity index is 962. The highest BCUT2D eigenvalue weighted by Gasteiger charge is 2.33. The van der Waals surface area contributed by atoms with E-state index in [1.807, 2.05) is 19.1 Å². The Morgan fingerprint density at radius 2 is 1.93 bits per heavy atom. The van der Waals surface area contributed by atoms with Gasteiger partial charge >= 0.3 is 6.18 Å². The van der Waals surface area contributed by atoms with Gasteiger partial charge in [0.1, 0.15) is 17.8 Å². The Morgan fingerprint density at radius 3 is 2.68 bits per heavy atom. The van der Waals surface area contributed by atoms with E-state index in [9.17, 15) is 13.2 Å². The maximum Gasteiger partial charge on any atom is 0.433 e. The third kappa shape index (κ3) is 4.03. The summed E-state index contributed by atoms with van der Waals surface area (Å²) in [6, 6.07) is 4.78. The SMILES string of the molecule is Cc1ccc2nnc(CN3CCC(Nc4cc(C(F)(F)F)ncn4)CC3)n2n1. The van der Waals surface area contributed by atoms with E-state index in [1.165, 1.54) is 0 Å². The van der Waals surface area contributed by atoms with Gasteiger partial charge in [-0.3, -0.25) is 4.90 Å². The van der Waals surface area contributed by atoms with Gasteiger partial charge in [0.2, 0.25) is 0 Å². The maximum atomic E-state index is 12.8. The van der Waals surface area contributed by atoms with Crippen molar-refractivity contribution in [1.29, 1.82) is 0 Å². The minimum Gasteiger partial charge on any atom is -0.367 e. The van der Waals surface area contributed by atoms with Crippen LogP contribution in [-0.2, 0) is 12.7 Å². The molecule has 1 fully saturated rings. The third-order valence-corrected chi connectivity index (χ3v) is 4.72. The van der Waals surface area contributed by atoms with E-state index in [4.69, 9.17) is 0 Å². The predicted octanol–water partition coefficient (Wildman–Crippen LogP) is 2.32. The van der Waals surface area contributed by atoms with E-state index in [0.717, 1.165) is 49.8 Å². The molecule has 148 valence electrons. The summed E-state index contributed by atoms with van der Waals surface area (Å²) in [5.74, 6) is 0.972. The first-order chi connectivity index (χ1) is 13.4. The van der Waals surface area contributed by atoms with Gasteiger partial charge in [0.15, 0.2) is 11.5 Å². The van der Waals surface area contributed by atoms with E-state index < -0.39 is 11.9 Å². The number of alkyl halides is 3. The molecule has 4 rings (SSSR count). The second-order valence-electron chi connectivity index (χ2n) is 6.84. The fourth-order valence-corrected chi connectivity index (χ4v) is 3.26. The summed E-state index contributed by atoms with van der Waals surface area (Å²) in [4.78, 5) is 9.42. The smallest absolute Gasteiger partial charge is 0.367 e. The van der Waals surface area contributed by atoms with Crippen molar-refractivity contribution in [2.45, 2.75) is 38.5 Å². The topological polar surface area (TPSA) is 84.1 Å². The first-order valence-electron chi connectivity index (χ1n) is 8.94. The molecule has 1 N–H and O–H groups in total. The summed E-state index contributed by atoms with van der Waals surface area (Å²) in [6.07, 6.45) is -1.97. The van der Waals surface area contributed by atoms with E-state index >= 15 is 0 Å². The summed E-state index contributed by atoms with van der Waals surface area (Å²) in [5.41, 5.74) is 0.657. The van der Waals surface area contributed by atoms with Gasteiger partial charge in [0.05, 0.1) is 12.2 Å². The van der Waals surface area contributed by atoms with Crippen molar-refractivity contribution < 1.29 is 13.2 Å². The first-order valence-corrected chi connectivity index (χ1v) is 8.94. The zero-order valence-corrected chi connectivity index (χ0v) is 15.2. The molecule has 1 aliphatic rings. The molecular formula is C17H19F3N8. The van der Waals surface area contributed by atoms with Gasteiger partial charge < -0.3 is 5.32 Å². The lowest BCUT2D eigenvalue weighted by atomic mass is 10.1. The highest BCUT2D eigenvalue weighted by Crippen LogP contribution is 2.28. The highest BCUT2D eigenvalue weighted by atomic mass is 19.4. The second-order valence-corrected chi connectivity index (χ2v) is 6.84. The van der Waals surface area contributed by atoms with Crippen LogP contribution >= 0.6 is 0 Å². The predicted molar refractivity (Wildman–Crippen MR) is 94.5 cm³/mol. The Hall–Kier alpha value is -2.82. The van der Waals surface area contributed by atoms with Crippen molar-refractivity contribution in [3.63, 3.8) is 0 Å². The van der Waals surface area contributed by atoms with Crippen molar-refractivity contribution in [1.82, 2.24) is 34.7 Å². The summed E-state index contributed by atoms with van der Waals surface area (Å²) < 4.78 is 40.1. The lowest BCUT2D eigenvalue weighted by Crippen LogP contribution is -2.39. The van der Waals surface area contributed by atoms with Crippen molar-refractivity contribution >= 4 is 11.5 Å². The van der Waals surface area contributed by atoms with Gasteiger partial charge in [-0.1, -0.05) is 0 Å². The van der Waals surface area contributed by atoms with Crippen LogP contribution in [0.1, 0.15) is 30.1 Å². The van der Waals surface area contributed by atoms with Crippen molar-refractivity contribution in [2.24, 2.45) is 0 Å². The van der Waals surface area contributed by atoms with Crippen LogP contribution in [0.2, 0.25) is 0 Å². The molecule has 8 nitrogen and oxygen atoms in total. The number of piperidine rings is 1. The van der Waals surface area contributed by atoms with E-state index in [1.54, 1.807) is 4.52 Å². The van der Waals surface area contributed by atoms with Gasteiger partial charge in [-0.15, -0.1) is 10.2 Å². The molecule has 0 amide bonds. The van der Waals surface area contributed by atoms with Gasteiger partial charge in [0, 0.05) is 25.2 Å². The molecule has 0 bridgehead atoms. The summed E-state index contributed by atoms with van der Waals surface area (Å²) in [7, 11) is 0. The largest absolute Gasteiger partial charge is 0.433 e. The molecule has 3 aromatic rings. The molecule has 0 spiro atoms. The summed E-state index contributed by atoms with van der Waals surface area (Å²) in [6.45, 7) is 4.11. The van der Waals surface area contributed by atoms with Crippen molar-refractivity contribution in [2.75, 3.05) is 18.4 Å². The molecule has 4 heterocycles.